The number of rotatable bonds is 5. The van der Waals surface area contributed by atoms with E-state index in [1.807, 2.05) is 0 Å². The Morgan fingerprint density at radius 2 is 1.71 bits per heavy atom. The monoisotopic (exact) mass is 513 g/mol. The Hall–Kier alpha value is -3.70. The Morgan fingerprint density at radius 3 is 2.51 bits per heavy atom. The highest BCUT2D eigenvalue weighted by Gasteiger charge is 2.30. The topological polar surface area (TPSA) is 123 Å². The van der Waals surface area contributed by atoms with E-state index < -0.39 is 5.91 Å². The van der Waals surface area contributed by atoms with Crippen LogP contribution in [0.3, 0.4) is 0 Å². The second-order valence-corrected chi connectivity index (χ2v) is 9.35. The van der Waals surface area contributed by atoms with Gasteiger partial charge in [-0.15, -0.1) is 10.2 Å². The molecule has 35 heavy (non-hydrogen) atoms. The van der Waals surface area contributed by atoms with Crippen molar-refractivity contribution in [2.24, 2.45) is 5.92 Å². The van der Waals surface area contributed by atoms with Crippen molar-refractivity contribution in [2.75, 3.05) is 30.5 Å². The van der Waals surface area contributed by atoms with Crippen LogP contribution in [0.4, 0.5) is 11.4 Å². The highest BCUT2D eigenvalue weighted by molar-refractivity contribution is 7.15. The molecule has 0 radical (unpaired) electrons. The predicted octanol–water partition coefficient (Wildman–Crippen LogP) is 3.66. The van der Waals surface area contributed by atoms with E-state index in [1.165, 1.54) is 0 Å². The number of ether oxygens (including phenoxy) is 2. The second-order valence-electron chi connectivity index (χ2n) is 7.97. The normalized spacial score (nSPS) is 15.1. The van der Waals surface area contributed by atoms with Crippen molar-refractivity contribution in [1.29, 1.82) is 0 Å². The minimum Gasteiger partial charge on any atom is -0.454 e. The molecule has 3 heterocycles. The van der Waals surface area contributed by atoms with Crippen molar-refractivity contribution < 1.29 is 23.9 Å². The third-order valence-electron chi connectivity index (χ3n) is 5.72. The van der Waals surface area contributed by atoms with Gasteiger partial charge in [0, 0.05) is 30.8 Å². The molecule has 3 aromatic rings. The maximum Gasteiger partial charge on any atom is 0.286 e. The van der Waals surface area contributed by atoms with Gasteiger partial charge in [0.2, 0.25) is 22.7 Å². The molecular weight excluding hydrogens is 494 g/mol. The first kappa shape index (κ1) is 23.1. The van der Waals surface area contributed by atoms with Crippen molar-refractivity contribution in [2.45, 2.75) is 12.8 Å². The van der Waals surface area contributed by atoms with E-state index in [0.29, 0.717) is 53.8 Å². The fourth-order valence-corrected chi connectivity index (χ4v) is 4.73. The van der Waals surface area contributed by atoms with E-state index in [1.54, 1.807) is 47.4 Å². The Bertz CT molecular complexity index is 1290. The van der Waals surface area contributed by atoms with Gasteiger partial charge in [0.05, 0.1) is 10.7 Å². The Kier molecular flexibility index (Phi) is 6.51. The Labute approximate surface area is 209 Å². The van der Waals surface area contributed by atoms with Crippen LogP contribution in [0, 0.1) is 5.92 Å². The molecule has 0 atom stereocenters. The van der Waals surface area contributed by atoms with Gasteiger partial charge in [0.1, 0.15) is 0 Å². The fraction of sp³-hybridized carbons (Fsp3) is 0.261. The molecule has 12 heteroatoms. The SMILES string of the molecule is O=C(Nc1ccc2c(c1)OCO2)c1nnc(C(=O)N2CCC(C(=O)Nc3ccccc3Cl)CC2)s1. The maximum atomic E-state index is 12.9. The lowest BCUT2D eigenvalue weighted by Gasteiger charge is -2.30. The third-order valence-corrected chi connectivity index (χ3v) is 6.96. The van der Waals surface area contributed by atoms with Crippen LogP contribution >= 0.6 is 22.9 Å². The van der Waals surface area contributed by atoms with Gasteiger partial charge in [-0.1, -0.05) is 35.1 Å². The standard InChI is InChI=1S/C23H20ClN5O5S/c24-15-3-1-2-4-16(15)26-19(30)13-7-9-29(10-8-13)23(32)22-28-27-21(35-22)20(31)25-14-5-6-17-18(11-14)34-12-33-17/h1-6,11,13H,7-10,12H2,(H,25,31)(H,26,30). The Balaban J connectivity index is 1.15. The summed E-state index contributed by atoms with van der Waals surface area (Å²) in [6.07, 6.45) is 1.02. The first-order valence-corrected chi connectivity index (χ1v) is 12.1. The van der Waals surface area contributed by atoms with Crippen molar-refractivity contribution in [3.05, 3.63) is 57.5 Å². The van der Waals surface area contributed by atoms with Gasteiger partial charge in [-0.05, 0) is 37.1 Å². The van der Waals surface area contributed by atoms with Crippen molar-refractivity contribution >= 4 is 52.0 Å². The molecule has 2 aliphatic heterocycles. The van der Waals surface area contributed by atoms with E-state index in [4.69, 9.17) is 21.1 Å². The minimum absolute atomic E-state index is 0.0695. The number of fused-ring (bicyclic) bond motifs is 1. The molecule has 180 valence electrons. The highest BCUT2D eigenvalue weighted by Crippen LogP contribution is 2.34. The quantitative estimate of drug-likeness (QED) is 0.533. The smallest absolute Gasteiger partial charge is 0.286 e. The number of halogens is 1. The molecule has 1 fully saturated rings. The summed E-state index contributed by atoms with van der Waals surface area (Å²) in [7, 11) is 0. The van der Waals surface area contributed by atoms with Gasteiger partial charge < -0.3 is 25.0 Å². The largest absolute Gasteiger partial charge is 0.454 e. The van der Waals surface area contributed by atoms with E-state index in [-0.39, 0.29) is 34.5 Å². The van der Waals surface area contributed by atoms with E-state index in [0.717, 1.165) is 11.3 Å². The second kappa shape index (κ2) is 9.88. The molecule has 3 amide bonds. The van der Waals surface area contributed by atoms with Gasteiger partial charge in [-0.25, -0.2) is 0 Å². The molecule has 5 rings (SSSR count). The van der Waals surface area contributed by atoms with Crippen molar-refractivity contribution in [1.82, 2.24) is 15.1 Å². The molecule has 10 nitrogen and oxygen atoms in total. The summed E-state index contributed by atoms with van der Waals surface area (Å²) in [5, 5.41) is 14.0. The van der Waals surface area contributed by atoms with Crippen LogP contribution in [0.5, 0.6) is 11.5 Å². The van der Waals surface area contributed by atoms with Gasteiger partial charge >= 0.3 is 0 Å². The molecule has 1 aromatic heterocycles. The zero-order valence-electron chi connectivity index (χ0n) is 18.3. The molecule has 0 spiro atoms. The summed E-state index contributed by atoms with van der Waals surface area (Å²) in [4.78, 5) is 39.7. The number of aromatic nitrogens is 2. The number of para-hydroxylation sites is 1. The number of carbonyl (C=O) groups is 3. The molecule has 1 saturated heterocycles. The first-order chi connectivity index (χ1) is 17.0. The number of hydrogen-bond acceptors (Lipinski definition) is 8. The van der Waals surface area contributed by atoms with E-state index >= 15 is 0 Å². The van der Waals surface area contributed by atoms with Gasteiger partial charge in [0.15, 0.2) is 11.5 Å². The Morgan fingerprint density at radius 1 is 0.971 bits per heavy atom. The summed E-state index contributed by atoms with van der Waals surface area (Å²) >= 11 is 7.04. The molecule has 0 bridgehead atoms. The number of carbonyl (C=O) groups excluding carboxylic acids is 3. The number of likely N-dealkylation sites (tertiary alicyclic amines) is 1. The van der Waals surface area contributed by atoms with Crippen LogP contribution in [-0.4, -0.2) is 52.7 Å². The summed E-state index contributed by atoms with van der Waals surface area (Å²) in [6.45, 7) is 0.938. The van der Waals surface area contributed by atoms with Gasteiger partial charge in [-0.2, -0.15) is 0 Å². The van der Waals surface area contributed by atoms with Crippen LogP contribution in [0.2, 0.25) is 5.02 Å². The lowest BCUT2D eigenvalue weighted by molar-refractivity contribution is -0.121. The predicted molar refractivity (Wildman–Crippen MR) is 129 cm³/mol. The molecule has 0 saturated carbocycles. The van der Waals surface area contributed by atoms with Gasteiger partial charge in [0.25, 0.3) is 11.8 Å². The number of hydrogen-bond donors (Lipinski definition) is 2. The van der Waals surface area contributed by atoms with Crippen molar-refractivity contribution in [3.63, 3.8) is 0 Å². The molecule has 2 aromatic carbocycles. The number of nitrogens with one attached hydrogen (secondary N) is 2. The highest BCUT2D eigenvalue weighted by atomic mass is 35.5. The summed E-state index contributed by atoms with van der Waals surface area (Å²) in [5.41, 5.74) is 1.08. The zero-order chi connectivity index (χ0) is 24.4. The number of piperidine rings is 1. The fourth-order valence-electron chi connectivity index (χ4n) is 3.84. The van der Waals surface area contributed by atoms with Crippen LogP contribution in [-0.2, 0) is 4.79 Å². The number of nitrogens with zero attached hydrogens (tertiary/aromatic N) is 3. The average molecular weight is 514 g/mol. The summed E-state index contributed by atoms with van der Waals surface area (Å²) in [5.74, 6) is 0.0122. The first-order valence-electron chi connectivity index (χ1n) is 10.9. The minimum atomic E-state index is -0.477. The van der Waals surface area contributed by atoms with Crippen molar-refractivity contribution in [3.8, 4) is 11.5 Å². The molecule has 0 aliphatic carbocycles. The van der Waals surface area contributed by atoms with Crippen LogP contribution in [0.1, 0.15) is 32.4 Å². The van der Waals surface area contributed by atoms with Crippen LogP contribution < -0.4 is 20.1 Å². The third kappa shape index (κ3) is 5.05. The molecule has 2 aliphatic rings. The molecule has 0 unspecified atom stereocenters. The lowest BCUT2D eigenvalue weighted by Crippen LogP contribution is -2.41. The number of amides is 3. The van der Waals surface area contributed by atoms with Gasteiger partial charge in [-0.3, -0.25) is 14.4 Å². The summed E-state index contributed by atoms with van der Waals surface area (Å²) in [6, 6.07) is 12.1. The molecule has 2 N–H and O–H groups in total. The van der Waals surface area contributed by atoms with E-state index in [2.05, 4.69) is 20.8 Å². The average Bonchev–Trinajstić information content (AvgIpc) is 3.55. The van der Waals surface area contributed by atoms with Crippen LogP contribution in [0.25, 0.3) is 0 Å². The summed E-state index contributed by atoms with van der Waals surface area (Å²) < 4.78 is 10.6. The van der Waals surface area contributed by atoms with Crippen LogP contribution in [0.15, 0.2) is 42.5 Å². The number of anilines is 2. The van der Waals surface area contributed by atoms with E-state index in [9.17, 15) is 14.4 Å². The lowest BCUT2D eigenvalue weighted by atomic mass is 9.95. The number of benzene rings is 2. The molecular formula is C23H20ClN5O5S. The maximum absolute atomic E-state index is 12.9. The zero-order valence-corrected chi connectivity index (χ0v) is 19.9.